The highest BCUT2D eigenvalue weighted by Crippen LogP contribution is 2.44. The maximum absolute atomic E-state index is 13.3. The molecule has 0 saturated carbocycles. The number of urea groups is 1. The fraction of sp³-hybridized carbons (Fsp3) is 0.407. The molecule has 3 amide bonds. The van der Waals surface area contributed by atoms with E-state index >= 15 is 0 Å². The molecule has 4 rings (SSSR count). The van der Waals surface area contributed by atoms with Gasteiger partial charge >= 0.3 is 12.2 Å². The molecule has 2 heterocycles. The van der Waals surface area contributed by atoms with Crippen molar-refractivity contribution in [1.29, 1.82) is 0 Å². The van der Waals surface area contributed by atoms with Crippen LogP contribution in [-0.4, -0.2) is 54.5 Å². The number of nitrogens with zero attached hydrogens (tertiary/aromatic N) is 1. The Labute approximate surface area is 226 Å². The third kappa shape index (κ3) is 5.17. The number of alkyl halides is 5. The lowest BCUT2D eigenvalue weighted by atomic mass is 9.91. The molecule has 40 heavy (non-hydrogen) atoms. The van der Waals surface area contributed by atoms with Gasteiger partial charge in [-0.2, -0.15) is 13.2 Å². The Kier molecular flexibility index (Phi) is 7.97. The number of aliphatic hydroxyl groups is 1. The summed E-state index contributed by atoms with van der Waals surface area (Å²) in [6.07, 6.45) is -5.97. The predicted molar refractivity (Wildman–Crippen MR) is 131 cm³/mol. The van der Waals surface area contributed by atoms with Crippen molar-refractivity contribution in [2.45, 2.75) is 50.4 Å². The molecule has 1 fully saturated rings. The van der Waals surface area contributed by atoms with E-state index in [1.54, 1.807) is 32.0 Å². The summed E-state index contributed by atoms with van der Waals surface area (Å²) in [5.74, 6) is 0.660. The quantitative estimate of drug-likeness (QED) is 0.242. The zero-order valence-electron chi connectivity index (χ0n) is 21.6. The van der Waals surface area contributed by atoms with Gasteiger partial charge in [-0.1, -0.05) is 31.6 Å². The van der Waals surface area contributed by atoms with Gasteiger partial charge in [-0.05, 0) is 60.4 Å². The molecule has 2 atom stereocenters. The smallest absolute Gasteiger partial charge is 0.427 e. The minimum atomic E-state index is -5.59. The molecular formula is C27H27F5N2O6. The third-order valence-corrected chi connectivity index (χ3v) is 6.78. The summed E-state index contributed by atoms with van der Waals surface area (Å²) in [6.45, 7) is 3.21. The average Bonchev–Trinajstić information content (AvgIpc) is 3.45. The molecule has 2 unspecified atom stereocenters. The molecule has 216 valence electrons. The molecule has 8 nitrogen and oxygen atoms in total. The van der Waals surface area contributed by atoms with Crippen LogP contribution in [0.3, 0.4) is 0 Å². The predicted octanol–water partition coefficient (Wildman–Crippen LogP) is 4.79. The number of imide groups is 1. The molecule has 0 radical (unpaired) electrons. The molecule has 2 aromatic carbocycles. The fourth-order valence-electron chi connectivity index (χ4n) is 4.49. The van der Waals surface area contributed by atoms with Crippen LogP contribution in [0, 0.1) is 0 Å². The molecule has 1 saturated heterocycles. The number of benzene rings is 2. The van der Waals surface area contributed by atoms with Crippen LogP contribution in [0.25, 0.3) is 0 Å². The van der Waals surface area contributed by atoms with E-state index in [4.69, 9.17) is 14.2 Å². The van der Waals surface area contributed by atoms with Gasteiger partial charge in [0.2, 0.25) is 12.4 Å². The lowest BCUT2D eigenvalue weighted by Crippen LogP contribution is -2.48. The molecule has 0 aromatic heterocycles. The largest absolute Gasteiger partial charge is 0.489 e. The third-order valence-electron chi connectivity index (χ3n) is 6.78. The fourth-order valence-corrected chi connectivity index (χ4v) is 4.49. The van der Waals surface area contributed by atoms with Gasteiger partial charge in [0, 0.05) is 6.54 Å². The van der Waals surface area contributed by atoms with Gasteiger partial charge in [0.1, 0.15) is 17.9 Å². The van der Waals surface area contributed by atoms with Gasteiger partial charge in [0.15, 0.2) is 11.5 Å². The van der Waals surface area contributed by atoms with E-state index < -0.39 is 41.2 Å². The number of amides is 3. The Balaban J connectivity index is 1.41. The first-order valence-corrected chi connectivity index (χ1v) is 12.4. The highest BCUT2D eigenvalue weighted by Gasteiger charge is 2.61. The number of carbonyl (C=O) groups excluding carboxylic acids is 2. The maximum atomic E-state index is 13.3. The van der Waals surface area contributed by atoms with Crippen LogP contribution in [0.5, 0.6) is 17.2 Å². The Hall–Kier alpha value is -3.87. The molecule has 13 heteroatoms. The Morgan fingerprint density at radius 1 is 1.12 bits per heavy atom. The molecule has 2 aliphatic rings. The first kappa shape index (κ1) is 29.1. The normalized spacial score (nSPS) is 20.4. The summed E-state index contributed by atoms with van der Waals surface area (Å²) < 4.78 is 82.7. The lowest BCUT2D eigenvalue weighted by Gasteiger charge is -2.30. The standard InChI is InChI=1S/C27H27F5N2O6/c1-3-6-16-13-18(26(37,22(28)29)27(30,31)32)8-9-19(16)38-12-5-4-11-34-23(35)25(2,33-24(34)36)17-7-10-20-21(14-17)40-15-39-20/h4-5,7-10,13-14,22,37H,3,6,11-12,15H2,1-2H3,(H,33,36)/b5-4+. The van der Waals surface area contributed by atoms with Crippen molar-refractivity contribution in [3.8, 4) is 17.2 Å². The highest BCUT2D eigenvalue weighted by atomic mass is 19.4. The summed E-state index contributed by atoms with van der Waals surface area (Å²) in [4.78, 5) is 26.7. The van der Waals surface area contributed by atoms with Gasteiger partial charge < -0.3 is 24.6 Å². The summed E-state index contributed by atoms with van der Waals surface area (Å²) in [5, 5.41) is 12.5. The summed E-state index contributed by atoms with van der Waals surface area (Å²) in [7, 11) is 0. The van der Waals surface area contributed by atoms with Gasteiger partial charge in [0.25, 0.3) is 12.3 Å². The van der Waals surface area contributed by atoms with Crippen molar-refractivity contribution >= 4 is 11.9 Å². The number of fused-ring (bicyclic) bond motifs is 1. The van der Waals surface area contributed by atoms with E-state index in [1.807, 2.05) is 0 Å². The van der Waals surface area contributed by atoms with Crippen molar-refractivity contribution in [2.75, 3.05) is 19.9 Å². The van der Waals surface area contributed by atoms with Crippen LogP contribution in [0.4, 0.5) is 26.7 Å². The van der Waals surface area contributed by atoms with Crippen LogP contribution >= 0.6 is 0 Å². The summed E-state index contributed by atoms with van der Waals surface area (Å²) in [5.41, 5.74) is -5.89. The van der Waals surface area contributed by atoms with E-state index in [9.17, 15) is 36.6 Å². The molecule has 2 aromatic rings. The van der Waals surface area contributed by atoms with E-state index in [2.05, 4.69) is 5.32 Å². The second kappa shape index (κ2) is 11.0. The molecule has 2 aliphatic heterocycles. The number of halogens is 5. The monoisotopic (exact) mass is 570 g/mol. The Morgan fingerprint density at radius 2 is 1.85 bits per heavy atom. The number of nitrogens with one attached hydrogen (secondary N) is 1. The zero-order chi connectivity index (χ0) is 29.3. The minimum absolute atomic E-state index is 0.0599. The zero-order valence-corrected chi connectivity index (χ0v) is 21.6. The van der Waals surface area contributed by atoms with Crippen LogP contribution in [0.2, 0.25) is 0 Å². The van der Waals surface area contributed by atoms with Crippen LogP contribution in [0.15, 0.2) is 48.6 Å². The molecule has 2 N–H and O–H groups in total. The van der Waals surface area contributed by atoms with Crippen molar-refractivity contribution < 1.29 is 50.9 Å². The summed E-state index contributed by atoms with van der Waals surface area (Å²) >= 11 is 0. The highest BCUT2D eigenvalue weighted by molar-refractivity contribution is 6.07. The summed E-state index contributed by atoms with van der Waals surface area (Å²) in [6, 6.07) is 7.06. The van der Waals surface area contributed by atoms with Crippen LogP contribution < -0.4 is 19.5 Å². The first-order chi connectivity index (χ1) is 18.8. The van der Waals surface area contributed by atoms with E-state index in [1.165, 1.54) is 12.2 Å². The number of ether oxygens (including phenoxy) is 3. The first-order valence-electron chi connectivity index (χ1n) is 12.4. The number of carbonyl (C=O) groups is 2. The second-order valence-corrected chi connectivity index (χ2v) is 9.46. The van der Waals surface area contributed by atoms with Crippen molar-refractivity contribution in [3.63, 3.8) is 0 Å². The molecule has 0 bridgehead atoms. The number of hydrogen-bond donors (Lipinski definition) is 2. The number of rotatable bonds is 10. The molecular weight excluding hydrogens is 543 g/mol. The topological polar surface area (TPSA) is 97.3 Å². The lowest BCUT2D eigenvalue weighted by molar-refractivity contribution is -0.305. The van der Waals surface area contributed by atoms with Crippen molar-refractivity contribution in [2.24, 2.45) is 0 Å². The Morgan fingerprint density at radius 3 is 2.52 bits per heavy atom. The van der Waals surface area contributed by atoms with Crippen LogP contribution in [0.1, 0.15) is 37.0 Å². The number of aryl methyl sites for hydroxylation is 1. The maximum Gasteiger partial charge on any atom is 0.427 e. The van der Waals surface area contributed by atoms with E-state index in [-0.39, 0.29) is 37.7 Å². The number of hydrogen-bond acceptors (Lipinski definition) is 6. The molecule has 0 spiro atoms. The van der Waals surface area contributed by atoms with Crippen molar-refractivity contribution in [3.05, 3.63) is 65.2 Å². The van der Waals surface area contributed by atoms with Gasteiger partial charge in [-0.15, -0.1) is 0 Å². The molecule has 0 aliphatic carbocycles. The SMILES string of the molecule is CCCc1cc(C(O)(C(F)F)C(F)(F)F)ccc1OC/C=C/CN1C(=O)NC(C)(c2ccc3c(c2)OCO3)C1=O. The van der Waals surface area contributed by atoms with Crippen molar-refractivity contribution in [1.82, 2.24) is 10.2 Å². The second-order valence-electron chi connectivity index (χ2n) is 9.46. The van der Waals surface area contributed by atoms with Crippen LogP contribution in [-0.2, 0) is 22.4 Å². The van der Waals surface area contributed by atoms with E-state index in [0.717, 1.165) is 23.1 Å². The minimum Gasteiger partial charge on any atom is -0.489 e. The van der Waals surface area contributed by atoms with Gasteiger partial charge in [0.05, 0.1) is 0 Å². The average molecular weight is 571 g/mol. The Bertz CT molecular complexity index is 1320. The van der Waals surface area contributed by atoms with E-state index in [0.29, 0.717) is 23.5 Å². The van der Waals surface area contributed by atoms with Gasteiger partial charge in [-0.25, -0.2) is 13.6 Å². The van der Waals surface area contributed by atoms with Gasteiger partial charge in [-0.3, -0.25) is 9.69 Å².